The number of nitrogens with zero attached hydrogens (tertiary/aromatic N) is 1. The van der Waals surface area contributed by atoms with Crippen molar-refractivity contribution >= 4 is 17.1 Å². The summed E-state index contributed by atoms with van der Waals surface area (Å²) in [5.74, 6) is 0. The number of fused-ring (bicyclic) bond motifs is 3. The van der Waals surface area contributed by atoms with E-state index in [9.17, 15) is 0 Å². The van der Waals surface area contributed by atoms with Crippen LogP contribution >= 0.6 is 0 Å². The lowest BCUT2D eigenvalue weighted by Gasteiger charge is -2.35. The van der Waals surface area contributed by atoms with E-state index in [-0.39, 0.29) is 5.41 Å². The summed E-state index contributed by atoms with van der Waals surface area (Å²) < 4.78 is 0. The third kappa shape index (κ3) is 10.5. The molecule has 1 heteroatoms. The predicted molar refractivity (Wildman–Crippen MR) is 255 cm³/mol. The van der Waals surface area contributed by atoms with Crippen LogP contribution in [0, 0.1) is 13.8 Å². The van der Waals surface area contributed by atoms with Gasteiger partial charge < -0.3 is 4.90 Å². The molecule has 0 saturated heterocycles. The maximum absolute atomic E-state index is 2.68. The lowest BCUT2D eigenvalue weighted by Crippen LogP contribution is -2.28. The zero-order chi connectivity index (χ0) is 40.7. The Balaban J connectivity index is 1.58. The van der Waals surface area contributed by atoms with Crippen molar-refractivity contribution < 1.29 is 0 Å². The van der Waals surface area contributed by atoms with Crippen LogP contribution in [0.25, 0.3) is 11.1 Å². The lowest BCUT2D eigenvalue weighted by atomic mass is 9.68. The van der Waals surface area contributed by atoms with Gasteiger partial charge in [0.15, 0.2) is 0 Å². The van der Waals surface area contributed by atoms with Crippen molar-refractivity contribution in [2.45, 2.75) is 175 Å². The SMILES string of the molecule is CCCCCCCCC1(c2cc(CCCCCC)cc(CCCCCC)c2)c2cc(CCCC)ccc2-c2ccc(N(c3ccc(C)cc3)c3ccc(C)cc3)cc21. The summed E-state index contributed by atoms with van der Waals surface area (Å²) in [6.45, 7) is 13.7. The Bertz CT molecular complexity index is 1920. The van der Waals surface area contributed by atoms with E-state index < -0.39 is 0 Å². The van der Waals surface area contributed by atoms with Gasteiger partial charge in [0.05, 0.1) is 0 Å². The Hall–Kier alpha value is -4.10. The normalized spacial score (nSPS) is 14.4. The average Bonchev–Trinajstić information content (AvgIpc) is 3.52. The van der Waals surface area contributed by atoms with Crippen molar-refractivity contribution in [1.82, 2.24) is 0 Å². The summed E-state index contributed by atoms with van der Waals surface area (Å²) in [5.41, 5.74) is 18.1. The van der Waals surface area contributed by atoms with Crippen LogP contribution in [0.5, 0.6) is 0 Å². The van der Waals surface area contributed by atoms with Crippen molar-refractivity contribution in [3.8, 4) is 11.1 Å². The van der Waals surface area contributed by atoms with Crippen molar-refractivity contribution in [2.24, 2.45) is 0 Å². The average molecular weight is 774 g/mol. The first-order valence-corrected chi connectivity index (χ1v) is 23.8. The number of rotatable bonds is 24. The first-order chi connectivity index (χ1) is 28.4. The van der Waals surface area contributed by atoms with E-state index in [1.807, 2.05) is 0 Å². The van der Waals surface area contributed by atoms with Crippen LogP contribution in [-0.2, 0) is 24.7 Å². The summed E-state index contributed by atoms with van der Waals surface area (Å²) in [6, 6.07) is 41.3. The highest BCUT2D eigenvalue weighted by Gasteiger charge is 2.45. The molecule has 5 aromatic carbocycles. The van der Waals surface area contributed by atoms with Crippen LogP contribution in [0.15, 0.2) is 103 Å². The number of aryl methyl sites for hydroxylation is 5. The molecule has 58 heavy (non-hydrogen) atoms. The van der Waals surface area contributed by atoms with Crippen molar-refractivity contribution in [1.29, 1.82) is 0 Å². The molecule has 0 aromatic heterocycles. The van der Waals surface area contributed by atoms with E-state index in [4.69, 9.17) is 0 Å². The topological polar surface area (TPSA) is 3.24 Å². The minimum Gasteiger partial charge on any atom is -0.310 e. The summed E-state index contributed by atoms with van der Waals surface area (Å²) in [7, 11) is 0. The number of hydrogen-bond donors (Lipinski definition) is 0. The predicted octanol–water partition coefficient (Wildman–Crippen LogP) is 17.4. The molecule has 308 valence electrons. The molecule has 0 amide bonds. The van der Waals surface area contributed by atoms with Crippen molar-refractivity contribution in [3.05, 3.63) is 148 Å². The van der Waals surface area contributed by atoms with Crippen LogP contribution in [-0.4, -0.2) is 0 Å². The molecule has 6 rings (SSSR count). The van der Waals surface area contributed by atoms with E-state index >= 15 is 0 Å². The maximum atomic E-state index is 2.68. The minimum atomic E-state index is -0.211. The molecular formula is C57H75N. The molecule has 1 atom stereocenters. The van der Waals surface area contributed by atoms with Gasteiger partial charge in [0.2, 0.25) is 0 Å². The molecule has 0 fully saturated rings. The molecule has 0 bridgehead atoms. The van der Waals surface area contributed by atoms with Crippen LogP contribution in [0.1, 0.15) is 181 Å². The third-order valence-corrected chi connectivity index (χ3v) is 13.0. The van der Waals surface area contributed by atoms with E-state index in [1.165, 1.54) is 166 Å². The van der Waals surface area contributed by atoms with Gasteiger partial charge in [-0.2, -0.15) is 0 Å². The van der Waals surface area contributed by atoms with E-state index in [0.29, 0.717) is 0 Å². The Labute approximate surface area is 354 Å². The molecule has 1 aliphatic carbocycles. The highest BCUT2D eigenvalue weighted by molar-refractivity contribution is 5.87. The van der Waals surface area contributed by atoms with E-state index in [0.717, 1.165) is 12.8 Å². The number of benzene rings is 5. The smallest absolute Gasteiger partial charge is 0.0465 e. The van der Waals surface area contributed by atoms with Gasteiger partial charge in [0, 0.05) is 22.5 Å². The molecule has 0 heterocycles. The van der Waals surface area contributed by atoms with E-state index in [1.54, 1.807) is 22.3 Å². The fraction of sp³-hybridized carbons (Fsp3) is 0.474. The van der Waals surface area contributed by atoms with Crippen molar-refractivity contribution in [2.75, 3.05) is 4.90 Å². The lowest BCUT2D eigenvalue weighted by molar-refractivity contribution is 0.505. The van der Waals surface area contributed by atoms with Gasteiger partial charge in [0.1, 0.15) is 0 Å². The standard InChI is InChI=1S/C57H75N/c1-7-11-15-18-19-22-38-57(49-40-47(24-20-16-12-8-2)39-48(41-49)25-21-17-13-9-3)55-42-46(23-14-10-4)30-36-53(55)54-37-35-52(43-56(54)57)58(50-31-26-44(5)27-32-50)51-33-28-45(6)29-34-51/h26-37,39-43H,7-25,38H2,1-6H3. The second-order valence-electron chi connectivity index (χ2n) is 17.8. The zero-order valence-electron chi connectivity index (χ0n) is 37.4. The number of anilines is 3. The maximum Gasteiger partial charge on any atom is 0.0465 e. The zero-order valence-corrected chi connectivity index (χ0v) is 37.4. The van der Waals surface area contributed by atoms with Gasteiger partial charge in [-0.1, -0.05) is 189 Å². The molecule has 0 spiro atoms. The molecule has 0 N–H and O–H groups in total. The first kappa shape index (κ1) is 43.5. The van der Waals surface area contributed by atoms with Crippen molar-refractivity contribution in [3.63, 3.8) is 0 Å². The monoisotopic (exact) mass is 774 g/mol. The Morgan fingerprint density at radius 1 is 0.379 bits per heavy atom. The van der Waals surface area contributed by atoms with Crippen LogP contribution in [0.4, 0.5) is 17.1 Å². The summed E-state index contributed by atoms with van der Waals surface area (Å²) >= 11 is 0. The molecule has 0 aliphatic heterocycles. The molecule has 1 aliphatic rings. The third-order valence-electron chi connectivity index (χ3n) is 13.0. The largest absolute Gasteiger partial charge is 0.310 e. The Kier molecular flexibility index (Phi) is 16.3. The Morgan fingerprint density at radius 2 is 0.828 bits per heavy atom. The van der Waals surface area contributed by atoms with Gasteiger partial charge in [-0.15, -0.1) is 0 Å². The fourth-order valence-corrected chi connectivity index (χ4v) is 9.66. The van der Waals surface area contributed by atoms with Gasteiger partial charge in [0.25, 0.3) is 0 Å². The van der Waals surface area contributed by atoms with Gasteiger partial charge in [-0.25, -0.2) is 0 Å². The van der Waals surface area contributed by atoms with Crippen LogP contribution in [0.2, 0.25) is 0 Å². The van der Waals surface area contributed by atoms with Crippen LogP contribution < -0.4 is 4.90 Å². The summed E-state index contributed by atoms with van der Waals surface area (Å²) in [6.07, 6.45) is 25.3. The summed E-state index contributed by atoms with van der Waals surface area (Å²) in [5, 5.41) is 0. The number of hydrogen-bond acceptors (Lipinski definition) is 1. The van der Waals surface area contributed by atoms with Crippen LogP contribution in [0.3, 0.4) is 0 Å². The molecule has 0 radical (unpaired) electrons. The molecule has 1 nitrogen and oxygen atoms in total. The first-order valence-electron chi connectivity index (χ1n) is 23.8. The Morgan fingerprint density at radius 3 is 1.38 bits per heavy atom. The van der Waals surface area contributed by atoms with Gasteiger partial charge in [-0.3, -0.25) is 0 Å². The minimum absolute atomic E-state index is 0.211. The second-order valence-corrected chi connectivity index (χ2v) is 17.8. The highest BCUT2D eigenvalue weighted by atomic mass is 15.1. The quantitative estimate of drug-likeness (QED) is 0.0565. The number of unbranched alkanes of at least 4 members (excludes halogenated alkanes) is 12. The molecular weight excluding hydrogens is 699 g/mol. The van der Waals surface area contributed by atoms with E-state index in [2.05, 4.69) is 150 Å². The summed E-state index contributed by atoms with van der Waals surface area (Å²) in [4.78, 5) is 2.49. The van der Waals surface area contributed by atoms with Gasteiger partial charge >= 0.3 is 0 Å². The van der Waals surface area contributed by atoms with Gasteiger partial charge in [-0.05, 0) is 140 Å². The fourth-order valence-electron chi connectivity index (χ4n) is 9.66. The highest BCUT2D eigenvalue weighted by Crippen LogP contribution is 2.57. The molecule has 0 saturated carbocycles. The molecule has 5 aromatic rings. The second kappa shape index (κ2) is 21.8. The molecule has 1 unspecified atom stereocenters.